The van der Waals surface area contributed by atoms with Crippen LogP contribution in [0.2, 0.25) is 0 Å². The molecule has 10 heteroatoms. The highest BCUT2D eigenvalue weighted by molar-refractivity contribution is 7.91. The van der Waals surface area contributed by atoms with Crippen molar-refractivity contribution in [1.29, 1.82) is 0 Å². The molecule has 1 aliphatic rings. The molecule has 0 bridgehead atoms. The smallest absolute Gasteiger partial charge is 0.293 e. The zero-order valence-electron chi connectivity index (χ0n) is 17.0. The van der Waals surface area contributed by atoms with Crippen molar-refractivity contribution in [3.05, 3.63) is 29.3 Å². The fourth-order valence-electron chi connectivity index (χ4n) is 3.34. The minimum Gasteiger partial charge on any atom is -0.322 e. The first-order valence-electron chi connectivity index (χ1n) is 9.51. The van der Waals surface area contributed by atoms with Crippen LogP contribution in [0.3, 0.4) is 0 Å². The predicted octanol–water partition coefficient (Wildman–Crippen LogP) is -1.27. The maximum Gasteiger partial charge on any atom is 0.293 e. The number of nitrogens with one attached hydrogen (secondary N) is 4. The molecule has 1 aromatic rings. The summed E-state index contributed by atoms with van der Waals surface area (Å²) in [6.45, 7) is 3.92. The molecule has 29 heavy (non-hydrogen) atoms. The first-order valence-corrected chi connectivity index (χ1v) is 11.3. The van der Waals surface area contributed by atoms with Gasteiger partial charge >= 0.3 is 0 Å². The topological polar surface area (TPSA) is 126 Å². The molecule has 3 amide bonds. The van der Waals surface area contributed by atoms with Crippen LogP contribution in [0.25, 0.3) is 0 Å². The number of hydrogen-bond donors (Lipinski definition) is 4. The number of para-hydroxylation sites is 1. The van der Waals surface area contributed by atoms with Crippen molar-refractivity contribution in [1.82, 2.24) is 10.9 Å². The van der Waals surface area contributed by atoms with E-state index in [0.717, 1.165) is 16.8 Å². The fraction of sp³-hybridized carbons (Fsp3) is 0.526. The number of benzene rings is 1. The molecule has 0 saturated carbocycles. The Morgan fingerprint density at radius 3 is 2.21 bits per heavy atom. The lowest BCUT2D eigenvalue weighted by molar-refractivity contribution is -0.862. The number of carbonyl (C=O) groups is 3. The molecule has 1 unspecified atom stereocenters. The Morgan fingerprint density at radius 2 is 1.62 bits per heavy atom. The van der Waals surface area contributed by atoms with E-state index in [2.05, 4.69) is 16.2 Å². The molecule has 4 N–H and O–H groups in total. The molecular weight excluding hydrogens is 396 g/mol. The molecule has 1 heterocycles. The highest BCUT2D eigenvalue weighted by atomic mass is 32.2. The summed E-state index contributed by atoms with van der Waals surface area (Å²) < 4.78 is 22.8. The minimum atomic E-state index is -3.04. The number of hydrogen-bond acceptors (Lipinski definition) is 5. The van der Waals surface area contributed by atoms with E-state index in [-0.39, 0.29) is 42.8 Å². The van der Waals surface area contributed by atoms with Crippen LogP contribution < -0.4 is 21.1 Å². The molecule has 160 valence electrons. The molecule has 0 aromatic heterocycles. The van der Waals surface area contributed by atoms with Gasteiger partial charge in [-0.15, -0.1) is 0 Å². The lowest BCUT2D eigenvalue weighted by Gasteiger charge is -2.16. The van der Waals surface area contributed by atoms with Gasteiger partial charge in [0.2, 0.25) is 5.91 Å². The molecule has 1 aliphatic heterocycles. The normalized spacial score (nSPS) is 18.7. The molecule has 9 nitrogen and oxygen atoms in total. The van der Waals surface area contributed by atoms with Crippen LogP contribution in [0.4, 0.5) is 5.69 Å². The van der Waals surface area contributed by atoms with Crippen molar-refractivity contribution >= 4 is 33.2 Å². The molecule has 0 radical (unpaired) electrons. The second kappa shape index (κ2) is 9.84. The number of sulfone groups is 1. The van der Waals surface area contributed by atoms with Crippen LogP contribution in [-0.2, 0) is 24.2 Å². The van der Waals surface area contributed by atoms with Gasteiger partial charge in [-0.05, 0) is 37.3 Å². The number of anilines is 1. The third-order valence-corrected chi connectivity index (χ3v) is 6.65. The Kier molecular flexibility index (Phi) is 7.74. The summed E-state index contributed by atoms with van der Waals surface area (Å²) in [4.78, 5) is 36.7. The van der Waals surface area contributed by atoms with Crippen LogP contribution in [-0.4, -0.2) is 57.8 Å². The molecule has 0 aliphatic carbocycles. The Bertz CT molecular complexity index is 864. The van der Waals surface area contributed by atoms with Crippen molar-refractivity contribution in [2.24, 2.45) is 5.92 Å². The summed E-state index contributed by atoms with van der Waals surface area (Å²) in [5, 5.41) is 2.87. The molecule has 2 rings (SSSR count). The summed E-state index contributed by atoms with van der Waals surface area (Å²) >= 11 is 0. The van der Waals surface area contributed by atoms with E-state index < -0.39 is 21.7 Å². The van der Waals surface area contributed by atoms with E-state index in [1.165, 1.54) is 0 Å². The largest absolute Gasteiger partial charge is 0.322 e. The van der Waals surface area contributed by atoms with Gasteiger partial charge in [0.25, 0.3) is 11.8 Å². The van der Waals surface area contributed by atoms with Crippen LogP contribution in [0.1, 0.15) is 24.0 Å². The van der Waals surface area contributed by atoms with Crippen LogP contribution in [0.5, 0.6) is 0 Å². The highest BCUT2D eigenvalue weighted by Crippen LogP contribution is 2.21. The van der Waals surface area contributed by atoms with Gasteiger partial charge in [-0.25, -0.2) is 8.42 Å². The molecule has 2 atom stereocenters. The molecule has 1 aromatic carbocycles. The SMILES string of the molecule is Cc1cccc(C)c1NC(=O)C[NH+](C)CC(=O)NNC(=O)C[C@@H]1CCS(=O)(=O)C1. The maximum absolute atomic E-state index is 12.2. The minimum absolute atomic E-state index is 0.00172. The van der Waals surface area contributed by atoms with Crippen molar-refractivity contribution in [3.63, 3.8) is 0 Å². The van der Waals surface area contributed by atoms with E-state index in [1.807, 2.05) is 32.0 Å². The van der Waals surface area contributed by atoms with E-state index in [1.54, 1.807) is 7.05 Å². The van der Waals surface area contributed by atoms with Gasteiger partial charge in [0, 0.05) is 12.1 Å². The summed E-state index contributed by atoms with van der Waals surface area (Å²) in [5.74, 6) is -1.16. The monoisotopic (exact) mass is 425 g/mol. The molecule has 1 fully saturated rings. The number of hydrazine groups is 1. The van der Waals surface area contributed by atoms with Crippen molar-refractivity contribution < 1.29 is 27.7 Å². The summed E-state index contributed by atoms with van der Waals surface area (Å²) in [6.07, 6.45) is 0.520. The number of likely N-dealkylation sites (N-methyl/N-ethyl adjacent to an activating group) is 1. The third kappa shape index (κ3) is 7.47. The van der Waals surface area contributed by atoms with E-state index in [4.69, 9.17) is 0 Å². The zero-order chi connectivity index (χ0) is 21.6. The zero-order valence-corrected chi connectivity index (χ0v) is 17.8. The van der Waals surface area contributed by atoms with E-state index >= 15 is 0 Å². The van der Waals surface area contributed by atoms with Gasteiger partial charge < -0.3 is 10.2 Å². The third-order valence-electron chi connectivity index (χ3n) is 4.81. The van der Waals surface area contributed by atoms with Gasteiger partial charge in [0.15, 0.2) is 22.9 Å². The Hall–Kier alpha value is -2.46. The standard InChI is InChI=1S/C19H28N4O5S/c1-13-5-4-6-14(2)19(13)20-17(25)10-23(3)11-18(26)22-21-16(24)9-15-7-8-29(27,28)12-15/h4-6,15H,7-12H2,1-3H3,(H,20,25)(H,21,24)(H,22,26)/p+1/t15-/m0/s1. The number of quaternary nitrogens is 1. The highest BCUT2D eigenvalue weighted by Gasteiger charge is 2.29. The Balaban J connectivity index is 1.70. The number of amides is 3. The summed E-state index contributed by atoms with van der Waals surface area (Å²) in [7, 11) is -1.33. The number of carbonyl (C=O) groups excluding carboxylic acids is 3. The lowest BCUT2D eigenvalue weighted by Crippen LogP contribution is -3.11. The first kappa shape index (κ1) is 22.8. The van der Waals surface area contributed by atoms with Crippen LogP contribution >= 0.6 is 0 Å². The Labute approximate surface area is 171 Å². The van der Waals surface area contributed by atoms with Crippen molar-refractivity contribution in [2.45, 2.75) is 26.7 Å². The summed E-state index contributed by atoms with van der Waals surface area (Å²) in [5.41, 5.74) is 7.31. The molecule has 0 spiro atoms. The van der Waals surface area contributed by atoms with Crippen LogP contribution in [0.15, 0.2) is 18.2 Å². The lowest BCUT2D eigenvalue weighted by atomic mass is 10.1. The average Bonchev–Trinajstić information content (AvgIpc) is 2.94. The summed E-state index contributed by atoms with van der Waals surface area (Å²) in [6, 6.07) is 5.74. The molecule has 1 saturated heterocycles. The van der Waals surface area contributed by atoms with Crippen molar-refractivity contribution in [2.75, 3.05) is 37.0 Å². The second-order valence-electron chi connectivity index (χ2n) is 7.70. The van der Waals surface area contributed by atoms with Gasteiger partial charge in [0.1, 0.15) is 0 Å². The fourth-order valence-corrected chi connectivity index (χ4v) is 5.20. The second-order valence-corrected chi connectivity index (χ2v) is 9.92. The first-order chi connectivity index (χ1) is 13.6. The predicted molar refractivity (Wildman–Crippen MR) is 109 cm³/mol. The maximum atomic E-state index is 12.2. The van der Waals surface area contributed by atoms with Crippen molar-refractivity contribution in [3.8, 4) is 0 Å². The van der Waals surface area contributed by atoms with Crippen LogP contribution in [0, 0.1) is 19.8 Å². The molecular formula is C19H29N4O5S+. The number of rotatable bonds is 7. The average molecular weight is 426 g/mol. The quantitative estimate of drug-likeness (QED) is 0.405. The Morgan fingerprint density at radius 1 is 1.03 bits per heavy atom. The van der Waals surface area contributed by atoms with Gasteiger partial charge in [-0.3, -0.25) is 25.2 Å². The van der Waals surface area contributed by atoms with E-state index in [9.17, 15) is 22.8 Å². The number of aryl methyl sites for hydroxylation is 2. The van der Waals surface area contributed by atoms with Gasteiger partial charge in [0.05, 0.1) is 18.6 Å². The van der Waals surface area contributed by atoms with Gasteiger partial charge in [-0.1, -0.05) is 18.2 Å². The van der Waals surface area contributed by atoms with Gasteiger partial charge in [-0.2, -0.15) is 0 Å². The van der Waals surface area contributed by atoms with E-state index in [0.29, 0.717) is 11.3 Å².